The van der Waals surface area contributed by atoms with Crippen LogP contribution in [0.4, 0.5) is 0 Å². The van der Waals surface area contributed by atoms with E-state index in [0.29, 0.717) is 22.3 Å². The number of nitrogens with one attached hydrogen (secondary N) is 1. The number of halogens is 2. The first kappa shape index (κ1) is 23.1. The molecule has 0 aliphatic carbocycles. The first-order valence-corrected chi connectivity index (χ1v) is 13.1. The zero-order chi connectivity index (χ0) is 22.4. The van der Waals surface area contributed by atoms with Crippen LogP contribution in [0.25, 0.3) is 0 Å². The summed E-state index contributed by atoms with van der Waals surface area (Å²) in [5, 5.41) is 0.462. The Bertz CT molecular complexity index is 1080. The van der Waals surface area contributed by atoms with Gasteiger partial charge in [-0.05, 0) is 62.1 Å². The monoisotopic (exact) mass is 527 g/mol. The van der Waals surface area contributed by atoms with E-state index in [4.69, 9.17) is 21.1 Å². The van der Waals surface area contributed by atoms with Crippen molar-refractivity contribution in [3.05, 3.63) is 57.5 Å². The van der Waals surface area contributed by atoms with Gasteiger partial charge in [0.1, 0.15) is 17.5 Å². The van der Waals surface area contributed by atoms with Crippen LogP contribution in [0.3, 0.4) is 0 Å². The Labute approximate surface area is 197 Å². The van der Waals surface area contributed by atoms with Crippen LogP contribution in [0, 0.1) is 5.92 Å². The quantitative estimate of drug-likeness (QED) is 0.501. The molecule has 31 heavy (non-hydrogen) atoms. The molecule has 2 bridgehead atoms. The molecule has 0 radical (unpaired) electrons. The molecule has 0 aromatic heterocycles. The van der Waals surface area contributed by atoms with Gasteiger partial charge >= 0.3 is 0 Å². The zero-order valence-corrected chi connectivity index (χ0v) is 21.0. The molecule has 2 aromatic carbocycles. The van der Waals surface area contributed by atoms with Gasteiger partial charge < -0.3 is 9.47 Å². The topological polar surface area (TPSA) is 64.6 Å². The summed E-state index contributed by atoms with van der Waals surface area (Å²) < 4.78 is 41.8. The maximum Gasteiger partial charge on any atom is 0.240 e. The Morgan fingerprint density at radius 2 is 1.94 bits per heavy atom. The van der Waals surface area contributed by atoms with Gasteiger partial charge in [-0.15, -0.1) is 0 Å². The van der Waals surface area contributed by atoms with Crippen molar-refractivity contribution >= 4 is 37.6 Å². The summed E-state index contributed by atoms with van der Waals surface area (Å²) in [7, 11) is -3.69. The van der Waals surface area contributed by atoms with Crippen molar-refractivity contribution in [3.63, 3.8) is 0 Å². The molecule has 5 nitrogen and oxygen atoms in total. The molecule has 0 amide bonds. The molecule has 0 spiro atoms. The van der Waals surface area contributed by atoms with Crippen molar-refractivity contribution in [2.24, 2.45) is 5.92 Å². The van der Waals surface area contributed by atoms with Gasteiger partial charge in [0.2, 0.25) is 10.0 Å². The van der Waals surface area contributed by atoms with Gasteiger partial charge in [0.15, 0.2) is 0 Å². The molecule has 168 valence electrons. The Morgan fingerprint density at radius 3 is 2.58 bits per heavy atom. The summed E-state index contributed by atoms with van der Waals surface area (Å²) in [6, 6.07) is 11.9. The van der Waals surface area contributed by atoms with E-state index in [1.807, 2.05) is 12.1 Å². The predicted molar refractivity (Wildman–Crippen MR) is 125 cm³/mol. The first-order valence-electron chi connectivity index (χ1n) is 10.4. The Morgan fingerprint density at radius 1 is 1.23 bits per heavy atom. The van der Waals surface area contributed by atoms with Gasteiger partial charge in [0, 0.05) is 28.0 Å². The summed E-state index contributed by atoms with van der Waals surface area (Å²) in [6.45, 7) is 6.52. The molecule has 2 saturated heterocycles. The number of hydrogen-bond acceptors (Lipinski definition) is 4. The first-order chi connectivity index (χ1) is 14.5. The zero-order valence-electron chi connectivity index (χ0n) is 17.8. The van der Waals surface area contributed by atoms with Crippen LogP contribution >= 0.6 is 27.5 Å². The van der Waals surface area contributed by atoms with Crippen LogP contribution in [0.2, 0.25) is 5.02 Å². The summed E-state index contributed by atoms with van der Waals surface area (Å²) in [4.78, 5) is 0.193. The number of benzene rings is 2. The fourth-order valence-electron chi connectivity index (χ4n) is 4.57. The maximum absolute atomic E-state index is 12.7. The third-order valence-corrected chi connectivity index (χ3v) is 8.95. The molecule has 8 heteroatoms. The van der Waals surface area contributed by atoms with E-state index in [-0.39, 0.29) is 28.7 Å². The lowest BCUT2D eigenvalue weighted by Gasteiger charge is -2.32. The van der Waals surface area contributed by atoms with E-state index in [0.717, 1.165) is 23.7 Å². The van der Waals surface area contributed by atoms with Gasteiger partial charge in [0.05, 0.1) is 10.5 Å². The van der Waals surface area contributed by atoms with Crippen molar-refractivity contribution in [1.29, 1.82) is 0 Å². The van der Waals surface area contributed by atoms with Crippen LogP contribution in [-0.4, -0.2) is 25.7 Å². The molecule has 2 aliphatic rings. The molecule has 0 unspecified atom stereocenters. The smallest absolute Gasteiger partial charge is 0.240 e. The second-order valence-corrected chi connectivity index (χ2v) is 12.0. The molecule has 2 aliphatic heterocycles. The lowest BCUT2D eigenvalue weighted by atomic mass is 9.75. The van der Waals surface area contributed by atoms with Gasteiger partial charge in [-0.1, -0.05) is 47.4 Å². The van der Waals surface area contributed by atoms with Crippen LogP contribution < -0.4 is 9.46 Å². The maximum atomic E-state index is 12.7. The van der Waals surface area contributed by atoms with Crippen molar-refractivity contribution in [3.8, 4) is 5.75 Å². The van der Waals surface area contributed by atoms with E-state index >= 15 is 0 Å². The third-order valence-electron chi connectivity index (χ3n) is 6.65. The highest BCUT2D eigenvalue weighted by molar-refractivity contribution is 9.10. The molecular formula is C23H27BrClNO4S. The van der Waals surface area contributed by atoms with Gasteiger partial charge in [-0.2, -0.15) is 0 Å². The Hall–Kier alpha value is -1.12. The second-order valence-electron chi connectivity index (χ2n) is 8.94. The van der Waals surface area contributed by atoms with Gasteiger partial charge in [0.25, 0.3) is 0 Å². The molecule has 2 aromatic rings. The number of ether oxygens (including phenoxy) is 2. The summed E-state index contributed by atoms with van der Waals surface area (Å²) >= 11 is 9.77. The molecule has 3 atom stereocenters. The number of sulfonamides is 1. The Kier molecular flexibility index (Phi) is 6.20. The molecular weight excluding hydrogens is 502 g/mol. The average Bonchev–Trinajstić information content (AvgIpc) is 3.20. The molecule has 4 rings (SSSR count). The van der Waals surface area contributed by atoms with E-state index < -0.39 is 10.0 Å². The normalized spacial score (nSPS) is 27.7. The van der Waals surface area contributed by atoms with E-state index in [1.165, 1.54) is 0 Å². The average molecular weight is 529 g/mol. The minimum atomic E-state index is -3.69. The van der Waals surface area contributed by atoms with Crippen molar-refractivity contribution in [2.75, 3.05) is 0 Å². The van der Waals surface area contributed by atoms with Crippen molar-refractivity contribution in [2.45, 2.75) is 68.8 Å². The molecule has 0 saturated carbocycles. The third kappa shape index (κ3) is 4.40. The van der Waals surface area contributed by atoms with E-state index in [9.17, 15) is 8.42 Å². The highest BCUT2D eigenvalue weighted by Crippen LogP contribution is 2.55. The van der Waals surface area contributed by atoms with Crippen molar-refractivity contribution in [1.82, 2.24) is 4.72 Å². The van der Waals surface area contributed by atoms with Crippen LogP contribution in [0.15, 0.2) is 51.8 Å². The lowest BCUT2D eigenvalue weighted by Crippen LogP contribution is -2.40. The minimum absolute atomic E-state index is 0.0347. The van der Waals surface area contributed by atoms with Gasteiger partial charge in [-0.25, -0.2) is 13.1 Å². The summed E-state index contributed by atoms with van der Waals surface area (Å²) in [6.07, 6.45) is 2.69. The van der Waals surface area contributed by atoms with Crippen molar-refractivity contribution < 1.29 is 17.9 Å². The van der Waals surface area contributed by atoms with E-state index in [2.05, 4.69) is 41.4 Å². The van der Waals surface area contributed by atoms with Gasteiger partial charge in [-0.3, -0.25) is 0 Å². The number of fused-ring (bicyclic) bond motifs is 2. The molecule has 2 heterocycles. The second kappa shape index (κ2) is 8.34. The minimum Gasteiger partial charge on any atom is -0.487 e. The lowest BCUT2D eigenvalue weighted by molar-refractivity contribution is -0.0770. The predicted octanol–water partition coefficient (Wildman–Crippen LogP) is 5.70. The summed E-state index contributed by atoms with van der Waals surface area (Å²) in [5.74, 6) is 0.992. The van der Waals surface area contributed by atoms with Crippen LogP contribution in [0.5, 0.6) is 5.75 Å². The van der Waals surface area contributed by atoms with Crippen LogP contribution in [0.1, 0.15) is 45.6 Å². The highest BCUT2D eigenvalue weighted by Gasteiger charge is 2.61. The Balaban J connectivity index is 1.54. The number of rotatable bonds is 7. The highest BCUT2D eigenvalue weighted by atomic mass is 79.9. The fraction of sp³-hybridized carbons (Fsp3) is 0.478. The standard InChI is InChI=1S/C23H27BrClNO4S/c1-15(2)23-12-11-22(3,30-23)21(13-23)29-20-6-4-5-19(25)18(20)14-26-31(27,28)17-9-7-16(24)8-10-17/h4-10,15,21,26H,11-14H2,1-3H3/t21-,22+,23+/m1/s1. The molecule has 1 N–H and O–H groups in total. The largest absolute Gasteiger partial charge is 0.487 e. The van der Waals surface area contributed by atoms with Crippen LogP contribution in [-0.2, 0) is 21.3 Å². The molecule has 2 fully saturated rings. The van der Waals surface area contributed by atoms with E-state index in [1.54, 1.807) is 30.3 Å². The fourth-order valence-corrected chi connectivity index (χ4v) is 6.07. The SMILES string of the molecule is CC(C)[C@@]12CC[C@](C)(O1)[C@H](Oc1cccc(Cl)c1CNS(=O)(=O)c1ccc(Br)cc1)C2. The summed E-state index contributed by atoms with van der Waals surface area (Å²) in [5.41, 5.74) is 0.122. The number of hydrogen-bond donors (Lipinski definition) is 1.